The highest BCUT2D eigenvalue weighted by molar-refractivity contribution is 7.99. The van der Waals surface area contributed by atoms with E-state index in [1.54, 1.807) is 18.7 Å². The maximum absolute atomic E-state index is 12.0. The van der Waals surface area contributed by atoms with Gasteiger partial charge in [0, 0.05) is 18.8 Å². The predicted molar refractivity (Wildman–Crippen MR) is 68.7 cm³/mol. The van der Waals surface area contributed by atoms with Crippen molar-refractivity contribution in [2.45, 2.75) is 18.6 Å². The molecule has 1 unspecified atom stereocenters. The van der Waals surface area contributed by atoms with Crippen LogP contribution < -0.4 is 5.73 Å². The molecule has 1 atom stereocenters. The van der Waals surface area contributed by atoms with E-state index in [0.29, 0.717) is 13.1 Å². The first-order chi connectivity index (χ1) is 6.96. The first kappa shape index (κ1) is 13.2. The highest BCUT2D eigenvalue weighted by atomic mass is 32.2. The van der Waals surface area contributed by atoms with E-state index in [0.717, 1.165) is 17.9 Å². The fourth-order valence-corrected chi connectivity index (χ4v) is 4.19. The van der Waals surface area contributed by atoms with Gasteiger partial charge < -0.3 is 5.73 Å². The Morgan fingerprint density at radius 3 is 2.73 bits per heavy atom. The quantitative estimate of drug-likeness (QED) is 0.752. The van der Waals surface area contributed by atoms with Crippen LogP contribution in [0, 0.1) is 0 Å². The minimum Gasteiger partial charge on any atom is -0.392 e. The van der Waals surface area contributed by atoms with E-state index in [2.05, 4.69) is 0 Å². The van der Waals surface area contributed by atoms with Gasteiger partial charge in [0.2, 0.25) is 10.0 Å². The van der Waals surface area contributed by atoms with Gasteiger partial charge in [0.25, 0.3) is 0 Å². The zero-order valence-electron chi connectivity index (χ0n) is 8.68. The molecule has 88 valence electrons. The van der Waals surface area contributed by atoms with Crippen molar-refractivity contribution in [2.24, 2.45) is 5.73 Å². The summed E-state index contributed by atoms with van der Waals surface area (Å²) in [6.07, 6.45) is 0.897. The van der Waals surface area contributed by atoms with E-state index in [9.17, 15) is 8.42 Å². The van der Waals surface area contributed by atoms with Gasteiger partial charge in [-0.15, -0.1) is 0 Å². The summed E-state index contributed by atoms with van der Waals surface area (Å²) in [4.78, 5) is 0.0481. The Kier molecular flexibility index (Phi) is 4.82. The molecule has 0 amide bonds. The molecule has 0 saturated carbocycles. The zero-order valence-corrected chi connectivity index (χ0v) is 11.1. The highest BCUT2D eigenvalue weighted by Crippen LogP contribution is 2.16. The van der Waals surface area contributed by atoms with Crippen LogP contribution in [0.1, 0.15) is 13.3 Å². The van der Waals surface area contributed by atoms with E-state index in [1.807, 2.05) is 0 Å². The molecule has 1 aliphatic rings. The lowest BCUT2D eigenvalue weighted by Crippen LogP contribution is -2.43. The van der Waals surface area contributed by atoms with Crippen LogP contribution in [-0.4, -0.2) is 47.6 Å². The molecular weight excluding hydrogens is 252 g/mol. The molecule has 1 aliphatic heterocycles. The topological polar surface area (TPSA) is 63.4 Å². The predicted octanol–water partition coefficient (Wildman–Crippen LogP) is 0.430. The average Bonchev–Trinajstić information content (AvgIpc) is 2.44. The fourth-order valence-electron chi connectivity index (χ4n) is 1.35. The monoisotopic (exact) mass is 268 g/mol. The normalized spacial score (nSPS) is 21.9. The number of thioether (sulfide) groups is 1. The molecule has 7 heteroatoms. The molecule has 0 bridgehead atoms. The Hall–Kier alpha value is 0.150. The van der Waals surface area contributed by atoms with Crippen LogP contribution >= 0.6 is 24.0 Å². The largest absolute Gasteiger partial charge is 0.392 e. The van der Waals surface area contributed by atoms with E-state index in [-0.39, 0.29) is 4.99 Å². The average molecular weight is 268 g/mol. The summed E-state index contributed by atoms with van der Waals surface area (Å²) in [7, 11) is -3.33. The van der Waals surface area contributed by atoms with Gasteiger partial charge in [-0.05, 0) is 19.1 Å². The molecule has 2 N–H and O–H groups in total. The number of hydrogen-bond acceptors (Lipinski definition) is 4. The van der Waals surface area contributed by atoms with Gasteiger partial charge in [-0.3, -0.25) is 0 Å². The van der Waals surface area contributed by atoms with Crippen LogP contribution in [0.3, 0.4) is 0 Å². The SMILES string of the molecule is CC(C(N)=S)S(=O)(=O)N1CCCSCC1. The number of thiocarbonyl (C=S) groups is 1. The van der Waals surface area contributed by atoms with Crippen molar-refractivity contribution in [1.82, 2.24) is 4.31 Å². The molecule has 0 aromatic carbocycles. The smallest absolute Gasteiger partial charge is 0.223 e. The lowest BCUT2D eigenvalue weighted by atomic mass is 10.5. The summed E-state index contributed by atoms with van der Waals surface area (Å²) in [6.45, 7) is 2.71. The lowest BCUT2D eigenvalue weighted by Gasteiger charge is -2.23. The van der Waals surface area contributed by atoms with Crippen LogP contribution in [-0.2, 0) is 10.0 Å². The Balaban J connectivity index is 2.79. The number of nitrogens with zero attached hydrogens (tertiary/aromatic N) is 1. The van der Waals surface area contributed by atoms with E-state index in [1.165, 1.54) is 4.31 Å². The van der Waals surface area contributed by atoms with Crippen LogP contribution in [0.25, 0.3) is 0 Å². The first-order valence-electron chi connectivity index (χ1n) is 4.82. The Morgan fingerprint density at radius 1 is 1.47 bits per heavy atom. The van der Waals surface area contributed by atoms with Crippen LogP contribution in [0.15, 0.2) is 0 Å². The second-order valence-electron chi connectivity index (χ2n) is 3.45. The minimum atomic E-state index is -3.33. The van der Waals surface area contributed by atoms with Gasteiger partial charge >= 0.3 is 0 Å². The second kappa shape index (κ2) is 5.47. The third-order valence-corrected chi connectivity index (χ3v) is 6.17. The first-order valence-corrected chi connectivity index (χ1v) is 7.89. The van der Waals surface area contributed by atoms with E-state index >= 15 is 0 Å². The van der Waals surface area contributed by atoms with E-state index < -0.39 is 15.3 Å². The molecule has 1 rings (SSSR count). The molecule has 0 aliphatic carbocycles. The van der Waals surface area contributed by atoms with Gasteiger partial charge in [0.05, 0.1) is 4.99 Å². The summed E-state index contributed by atoms with van der Waals surface area (Å²) < 4.78 is 25.6. The van der Waals surface area contributed by atoms with Crippen molar-refractivity contribution >= 4 is 39.0 Å². The zero-order chi connectivity index (χ0) is 11.5. The Morgan fingerprint density at radius 2 is 2.13 bits per heavy atom. The molecule has 0 spiro atoms. The summed E-state index contributed by atoms with van der Waals surface area (Å²) in [5.41, 5.74) is 5.39. The van der Waals surface area contributed by atoms with E-state index in [4.69, 9.17) is 18.0 Å². The number of sulfonamides is 1. The van der Waals surface area contributed by atoms with Crippen molar-refractivity contribution in [2.75, 3.05) is 24.6 Å². The summed E-state index contributed by atoms with van der Waals surface area (Å²) in [6, 6.07) is 0. The van der Waals surface area contributed by atoms with Crippen molar-refractivity contribution < 1.29 is 8.42 Å². The molecular formula is C8H16N2O2S3. The molecule has 0 radical (unpaired) electrons. The van der Waals surface area contributed by atoms with Crippen LogP contribution in [0.4, 0.5) is 0 Å². The Labute approximate surface area is 101 Å². The van der Waals surface area contributed by atoms with Gasteiger partial charge in [0.1, 0.15) is 5.25 Å². The molecule has 0 aromatic rings. The Bertz CT molecular complexity index is 321. The van der Waals surface area contributed by atoms with Crippen LogP contribution in [0.5, 0.6) is 0 Å². The molecule has 1 heterocycles. The number of rotatable bonds is 3. The van der Waals surface area contributed by atoms with Crippen molar-refractivity contribution in [3.05, 3.63) is 0 Å². The number of hydrogen-bond donors (Lipinski definition) is 1. The molecule has 4 nitrogen and oxygen atoms in total. The van der Waals surface area contributed by atoms with Crippen molar-refractivity contribution in [3.63, 3.8) is 0 Å². The third kappa shape index (κ3) is 3.30. The summed E-state index contributed by atoms with van der Waals surface area (Å²) in [5, 5.41) is -0.754. The van der Waals surface area contributed by atoms with Crippen molar-refractivity contribution in [1.29, 1.82) is 0 Å². The van der Waals surface area contributed by atoms with Crippen LogP contribution in [0.2, 0.25) is 0 Å². The summed E-state index contributed by atoms with van der Waals surface area (Å²) in [5.74, 6) is 1.87. The number of nitrogens with two attached hydrogens (primary N) is 1. The standard InChI is InChI=1S/C8H16N2O2S3/c1-7(8(9)13)15(11,12)10-3-2-5-14-6-4-10/h7H,2-6H2,1H3,(H2,9,13). The molecule has 0 aromatic heterocycles. The summed E-state index contributed by atoms with van der Waals surface area (Å²) >= 11 is 6.52. The van der Waals surface area contributed by atoms with Gasteiger partial charge in [-0.25, -0.2) is 12.7 Å². The lowest BCUT2D eigenvalue weighted by molar-refractivity contribution is 0.433. The third-order valence-electron chi connectivity index (χ3n) is 2.39. The molecule has 15 heavy (non-hydrogen) atoms. The second-order valence-corrected chi connectivity index (χ2v) is 7.40. The van der Waals surface area contributed by atoms with Gasteiger partial charge in [-0.1, -0.05) is 12.2 Å². The fraction of sp³-hybridized carbons (Fsp3) is 0.875. The maximum Gasteiger partial charge on any atom is 0.223 e. The maximum atomic E-state index is 12.0. The van der Waals surface area contributed by atoms with Gasteiger partial charge in [0.15, 0.2) is 0 Å². The minimum absolute atomic E-state index is 0.0481. The van der Waals surface area contributed by atoms with Gasteiger partial charge in [-0.2, -0.15) is 11.8 Å². The molecule has 1 fully saturated rings. The highest BCUT2D eigenvalue weighted by Gasteiger charge is 2.30. The van der Waals surface area contributed by atoms with Crippen molar-refractivity contribution in [3.8, 4) is 0 Å². The molecule has 1 saturated heterocycles.